The first-order valence-corrected chi connectivity index (χ1v) is 22.7. The standard InChI is InChI=1S/C50H78N4O3/c1-34(2)38-14-20-49(31-42(56)54-27-25-53(26-28-54)33-37-13-12-24-52-32-37)23-22-48(11)47(10)19-15-39-45(7,8)41(57-36(4)30-44(5,6)29-35(3)55)17-18-46(39,9)40(47)16-21-50(48,51)43(38)49/h12-13,24,32,38-41,43,55H,1,3-4,14-23,25-31,33,51H2,2,5-11H3/t38-,39-,40+,41?,43-,46-,47+,48-,49+,50?/m0/s1. The Balaban J connectivity index is 1.09. The van der Waals surface area contributed by atoms with Gasteiger partial charge in [-0.1, -0.05) is 79.8 Å². The van der Waals surface area contributed by atoms with E-state index in [4.69, 9.17) is 10.5 Å². The second-order valence-electron chi connectivity index (χ2n) is 22.6. The summed E-state index contributed by atoms with van der Waals surface area (Å²) in [6.07, 6.45) is 17.0. The van der Waals surface area contributed by atoms with Crippen LogP contribution < -0.4 is 5.73 Å². The zero-order valence-electron chi connectivity index (χ0n) is 37.2. The van der Waals surface area contributed by atoms with E-state index in [0.717, 1.165) is 89.8 Å². The predicted molar refractivity (Wildman–Crippen MR) is 232 cm³/mol. The van der Waals surface area contributed by atoms with Crippen LogP contribution in [0.2, 0.25) is 0 Å². The van der Waals surface area contributed by atoms with E-state index in [1.807, 2.05) is 18.5 Å². The molecule has 10 atom stereocenters. The van der Waals surface area contributed by atoms with Crippen molar-refractivity contribution < 1.29 is 14.6 Å². The molecule has 1 amide bonds. The molecule has 1 aromatic heterocycles. The number of amides is 1. The molecule has 1 aliphatic heterocycles. The molecule has 1 aromatic rings. The normalized spacial score (nSPS) is 40.2. The van der Waals surface area contributed by atoms with Gasteiger partial charge in [0.1, 0.15) is 6.10 Å². The van der Waals surface area contributed by atoms with Crippen LogP contribution in [0.3, 0.4) is 0 Å². The second-order valence-corrected chi connectivity index (χ2v) is 22.6. The van der Waals surface area contributed by atoms with Gasteiger partial charge in [-0.25, -0.2) is 0 Å². The highest BCUT2D eigenvalue weighted by atomic mass is 16.5. The Morgan fingerprint density at radius 2 is 1.63 bits per heavy atom. The van der Waals surface area contributed by atoms with Crippen molar-refractivity contribution in [1.82, 2.24) is 14.8 Å². The van der Waals surface area contributed by atoms with Crippen LogP contribution in [-0.4, -0.2) is 63.6 Å². The molecule has 7 rings (SSSR count). The monoisotopic (exact) mass is 783 g/mol. The SMILES string of the molecule is C=C(O)CC(C)(C)CC(=C)OC1CC[C@]2(C)[C@H]3CCC4(N)[C@H]5[C@H](C(=C)C)CC[C@]5(CC(=O)N5CCN(Cc6cccnc6)CC5)CC[C@@]4(C)[C@]3(C)CC[C@H]2C1(C)C. The first kappa shape index (κ1) is 42.5. The van der Waals surface area contributed by atoms with Crippen molar-refractivity contribution in [2.24, 2.45) is 61.9 Å². The molecular weight excluding hydrogens is 705 g/mol. The minimum atomic E-state index is -0.344. The summed E-state index contributed by atoms with van der Waals surface area (Å²) in [6, 6.07) is 4.15. The number of pyridine rings is 1. The molecule has 0 aromatic carbocycles. The minimum Gasteiger partial charge on any atom is -0.513 e. The number of carbonyl (C=O) groups excluding carboxylic acids is 1. The molecule has 5 aliphatic carbocycles. The maximum atomic E-state index is 14.4. The highest BCUT2D eigenvalue weighted by Crippen LogP contribution is 2.78. The second kappa shape index (κ2) is 14.8. The number of fused-ring (bicyclic) bond motifs is 7. The van der Waals surface area contributed by atoms with Gasteiger partial charge < -0.3 is 20.5 Å². The molecule has 2 heterocycles. The van der Waals surface area contributed by atoms with E-state index in [9.17, 15) is 9.90 Å². The Labute approximate surface area is 346 Å². The Kier molecular flexibility index (Phi) is 11.0. The first-order chi connectivity index (χ1) is 26.6. The van der Waals surface area contributed by atoms with Gasteiger partial charge in [-0.05, 0) is 134 Å². The number of allylic oxidation sites excluding steroid dienone is 3. The Morgan fingerprint density at radius 3 is 2.28 bits per heavy atom. The summed E-state index contributed by atoms with van der Waals surface area (Å²) in [5.74, 6) is 3.17. The van der Waals surface area contributed by atoms with Crippen LogP contribution in [0.1, 0.15) is 144 Å². The first-order valence-electron chi connectivity index (χ1n) is 22.7. The van der Waals surface area contributed by atoms with E-state index in [1.54, 1.807) is 0 Å². The summed E-state index contributed by atoms with van der Waals surface area (Å²) in [4.78, 5) is 23.4. The average molecular weight is 783 g/mol. The molecule has 1 saturated heterocycles. The summed E-state index contributed by atoms with van der Waals surface area (Å²) in [7, 11) is 0. The summed E-state index contributed by atoms with van der Waals surface area (Å²) in [5.41, 5.74) is 10.4. The molecule has 0 spiro atoms. The number of hydrogen-bond acceptors (Lipinski definition) is 6. The highest BCUT2D eigenvalue weighted by Gasteiger charge is 2.75. The third-order valence-electron chi connectivity index (χ3n) is 18.5. The van der Waals surface area contributed by atoms with Gasteiger partial charge in [-0.3, -0.25) is 14.7 Å². The maximum Gasteiger partial charge on any atom is 0.223 e. The van der Waals surface area contributed by atoms with E-state index < -0.39 is 0 Å². The van der Waals surface area contributed by atoms with Crippen molar-refractivity contribution in [2.75, 3.05) is 26.2 Å². The molecule has 0 radical (unpaired) electrons. The van der Waals surface area contributed by atoms with Crippen molar-refractivity contribution in [3.63, 3.8) is 0 Å². The molecule has 6 fully saturated rings. The topological polar surface area (TPSA) is 91.9 Å². The van der Waals surface area contributed by atoms with Crippen molar-refractivity contribution in [2.45, 2.75) is 157 Å². The number of aromatic nitrogens is 1. The molecule has 57 heavy (non-hydrogen) atoms. The van der Waals surface area contributed by atoms with Crippen LogP contribution in [0, 0.1) is 56.2 Å². The van der Waals surface area contributed by atoms with Crippen molar-refractivity contribution in [1.29, 1.82) is 0 Å². The number of nitrogens with zero attached hydrogens (tertiary/aromatic N) is 3. The van der Waals surface area contributed by atoms with Gasteiger partial charge in [0.05, 0.1) is 11.5 Å². The Bertz CT molecular complexity index is 1710. The van der Waals surface area contributed by atoms with Crippen LogP contribution in [0.5, 0.6) is 0 Å². The lowest BCUT2D eigenvalue weighted by molar-refractivity contribution is -0.255. The summed E-state index contributed by atoms with van der Waals surface area (Å²) in [6.45, 7) is 36.4. The number of carbonyl (C=O) groups is 1. The van der Waals surface area contributed by atoms with E-state index in [0.29, 0.717) is 42.9 Å². The smallest absolute Gasteiger partial charge is 0.223 e. The van der Waals surface area contributed by atoms with Crippen LogP contribution >= 0.6 is 0 Å². The maximum absolute atomic E-state index is 14.4. The number of aliphatic hydroxyl groups excluding tert-OH is 1. The highest BCUT2D eigenvalue weighted by molar-refractivity contribution is 5.77. The Hall–Kier alpha value is -2.64. The lowest BCUT2D eigenvalue weighted by Crippen LogP contribution is -2.76. The summed E-state index contributed by atoms with van der Waals surface area (Å²) >= 11 is 0. The quantitative estimate of drug-likeness (QED) is 0.172. The number of ether oxygens (including phenoxy) is 1. The average Bonchev–Trinajstić information content (AvgIpc) is 3.51. The van der Waals surface area contributed by atoms with E-state index >= 15 is 0 Å². The number of piperazine rings is 1. The fourth-order valence-corrected chi connectivity index (χ4v) is 15.7. The fraction of sp³-hybridized carbons (Fsp3) is 0.760. The third kappa shape index (κ3) is 7.04. The zero-order valence-corrected chi connectivity index (χ0v) is 37.2. The molecular formula is C50H78N4O3. The van der Waals surface area contributed by atoms with E-state index in [-0.39, 0.29) is 55.8 Å². The van der Waals surface area contributed by atoms with Crippen molar-refractivity contribution in [3.05, 3.63) is 66.9 Å². The number of rotatable bonds is 11. The molecule has 2 unspecified atom stereocenters. The third-order valence-corrected chi connectivity index (χ3v) is 18.5. The molecule has 3 N–H and O–H groups in total. The van der Waals surface area contributed by atoms with Gasteiger partial charge >= 0.3 is 0 Å². The zero-order chi connectivity index (χ0) is 41.4. The minimum absolute atomic E-state index is 0.00294. The van der Waals surface area contributed by atoms with Gasteiger partial charge in [0.2, 0.25) is 5.91 Å². The summed E-state index contributed by atoms with van der Waals surface area (Å²) < 4.78 is 6.83. The lowest BCUT2D eigenvalue weighted by Gasteiger charge is -2.75. The molecule has 7 nitrogen and oxygen atoms in total. The number of nitrogens with two attached hydrogens (primary N) is 1. The van der Waals surface area contributed by atoms with Crippen molar-refractivity contribution >= 4 is 5.91 Å². The molecule has 5 saturated carbocycles. The molecule has 316 valence electrons. The predicted octanol–water partition coefficient (Wildman–Crippen LogP) is 10.6. The van der Waals surface area contributed by atoms with Gasteiger partial charge in [0.25, 0.3) is 0 Å². The summed E-state index contributed by atoms with van der Waals surface area (Å²) in [5, 5.41) is 9.91. The van der Waals surface area contributed by atoms with Crippen LogP contribution in [-0.2, 0) is 16.1 Å². The van der Waals surface area contributed by atoms with Crippen molar-refractivity contribution in [3.8, 4) is 0 Å². The van der Waals surface area contributed by atoms with Gasteiger partial charge in [0.15, 0.2) is 0 Å². The van der Waals surface area contributed by atoms with E-state index in [1.165, 1.54) is 24.0 Å². The fourth-order valence-electron chi connectivity index (χ4n) is 15.7. The van der Waals surface area contributed by atoms with Gasteiger partial charge in [-0.15, -0.1) is 0 Å². The molecule has 0 bridgehead atoms. The van der Waals surface area contributed by atoms with Crippen LogP contribution in [0.25, 0.3) is 0 Å². The Morgan fingerprint density at radius 1 is 0.930 bits per heavy atom. The van der Waals surface area contributed by atoms with Crippen LogP contribution in [0.15, 0.2) is 61.4 Å². The van der Waals surface area contributed by atoms with E-state index in [2.05, 4.69) is 96.0 Å². The number of hydrogen-bond donors (Lipinski definition) is 2. The molecule has 6 aliphatic rings. The van der Waals surface area contributed by atoms with Gasteiger partial charge in [-0.2, -0.15) is 0 Å². The molecule has 7 heteroatoms. The largest absolute Gasteiger partial charge is 0.513 e. The van der Waals surface area contributed by atoms with Crippen LogP contribution in [0.4, 0.5) is 0 Å². The number of aliphatic hydroxyl groups is 1. The van der Waals surface area contributed by atoms with Gasteiger partial charge in [0, 0.05) is 75.3 Å². The lowest BCUT2D eigenvalue weighted by atomic mass is 9.30.